The Morgan fingerprint density at radius 1 is 1.17 bits per heavy atom. The van der Waals surface area contributed by atoms with Crippen LogP contribution in [0.25, 0.3) is 6.08 Å². The zero-order chi connectivity index (χ0) is 17.5. The van der Waals surface area contributed by atoms with Crippen molar-refractivity contribution in [3.05, 3.63) is 64.7 Å². The lowest BCUT2D eigenvalue weighted by atomic mass is 10.1. The van der Waals surface area contributed by atoms with Crippen molar-refractivity contribution in [2.45, 2.75) is 20.8 Å². The number of aryl methyl sites for hydroxylation is 2. The van der Waals surface area contributed by atoms with Gasteiger partial charge in [-0.15, -0.1) is 0 Å². The van der Waals surface area contributed by atoms with Crippen LogP contribution in [0.4, 0.5) is 5.69 Å². The van der Waals surface area contributed by atoms with E-state index in [1.165, 1.54) is 0 Å². The quantitative estimate of drug-likeness (QED) is 0.662. The maximum atomic E-state index is 12.3. The van der Waals surface area contributed by atoms with Crippen molar-refractivity contribution in [1.82, 2.24) is 0 Å². The van der Waals surface area contributed by atoms with Crippen LogP contribution >= 0.6 is 0 Å². The van der Waals surface area contributed by atoms with Crippen molar-refractivity contribution in [2.75, 3.05) is 11.9 Å². The van der Waals surface area contributed by atoms with E-state index in [1.807, 2.05) is 69.3 Å². The van der Waals surface area contributed by atoms with Crippen LogP contribution < -0.4 is 10.1 Å². The standard InChI is InChI=1S/C20H20N2O2/c1-4-24-19-7-5-16(6-8-19)12-17(13-21)20(23)22-18-10-14(2)9-15(3)11-18/h5-12H,4H2,1-3H3,(H,22,23)/b17-12+. The number of benzene rings is 2. The molecule has 0 heterocycles. The number of hydrogen-bond donors (Lipinski definition) is 1. The van der Waals surface area contributed by atoms with Gasteiger partial charge in [-0.3, -0.25) is 4.79 Å². The molecule has 2 aromatic rings. The number of rotatable bonds is 5. The van der Waals surface area contributed by atoms with Gasteiger partial charge in [0.25, 0.3) is 5.91 Å². The zero-order valence-corrected chi connectivity index (χ0v) is 14.1. The molecule has 0 saturated carbocycles. The monoisotopic (exact) mass is 320 g/mol. The molecule has 2 rings (SSSR count). The summed E-state index contributed by atoms with van der Waals surface area (Å²) in [6, 6.07) is 15.0. The summed E-state index contributed by atoms with van der Waals surface area (Å²) in [5.41, 5.74) is 3.62. The van der Waals surface area contributed by atoms with Gasteiger partial charge >= 0.3 is 0 Å². The summed E-state index contributed by atoms with van der Waals surface area (Å²) >= 11 is 0. The summed E-state index contributed by atoms with van der Waals surface area (Å²) < 4.78 is 5.38. The van der Waals surface area contributed by atoms with Crippen LogP contribution in [0.3, 0.4) is 0 Å². The third-order valence-corrected chi connectivity index (χ3v) is 3.35. The predicted octanol–water partition coefficient (Wildman–Crippen LogP) is 4.25. The van der Waals surface area contributed by atoms with Crippen LogP contribution in [-0.4, -0.2) is 12.5 Å². The topological polar surface area (TPSA) is 62.1 Å². The molecule has 4 nitrogen and oxygen atoms in total. The van der Waals surface area contributed by atoms with Gasteiger partial charge in [-0.2, -0.15) is 5.26 Å². The summed E-state index contributed by atoms with van der Waals surface area (Å²) in [6.45, 7) is 6.43. The number of carbonyl (C=O) groups is 1. The van der Waals surface area contributed by atoms with Crippen LogP contribution in [-0.2, 0) is 4.79 Å². The minimum Gasteiger partial charge on any atom is -0.494 e. The molecule has 1 N–H and O–H groups in total. The van der Waals surface area contributed by atoms with Crippen molar-refractivity contribution in [1.29, 1.82) is 5.26 Å². The molecular weight excluding hydrogens is 300 g/mol. The molecule has 0 spiro atoms. The average molecular weight is 320 g/mol. The van der Waals surface area contributed by atoms with E-state index in [9.17, 15) is 10.1 Å². The molecule has 0 radical (unpaired) electrons. The molecule has 0 saturated heterocycles. The Bertz CT molecular complexity index is 779. The van der Waals surface area contributed by atoms with E-state index in [0.717, 1.165) is 22.4 Å². The lowest BCUT2D eigenvalue weighted by Gasteiger charge is -2.07. The summed E-state index contributed by atoms with van der Waals surface area (Å²) in [5, 5.41) is 12.1. The molecular formula is C20H20N2O2. The predicted molar refractivity (Wildman–Crippen MR) is 95.7 cm³/mol. The Balaban J connectivity index is 2.17. The molecule has 2 aromatic carbocycles. The molecule has 0 bridgehead atoms. The molecule has 0 unspecified atom stereocenters. The Morgan fingerprint density at radius 3 is 2.33 bits per heavy atom. The van der Waals surface area contributed by atoms with Crippen LogP contribution in [0.15, 0.2) is 48.0 Å². The molecule has 0 aliphatic heterocycles. The minimum absolute atomic E-state index is 0.0540. The van der Waals surface area contributed by atoms with E-state index < -0.39 is 5.91 Å². The van der Waals surface area contributed by atoms with E-state index in [0.29, 0.717) is 12.3 Å². The highest BCUT2D eigenvalue weighted by Gasteiger charge is 2.10. The minimum atomic E-state index is -0.420. The van der Waals surface area contributed by atoms with Gasteiger partial charge in [0.05, 0.1) is 6.61 Å². The second-order valence-corrected chi connectivity index (χ2v) is 5.50. The fourth-order valence-corrected chi connectivity index (χ4v) is 2.39. The van der Waals surface area contributed by atoms with Crippen molar-refractivity contribution < 1.29 is 9.53 Å². The van der Waals surface area contributed by atoms with E-state index in [1.54, 1.807) is 6.08 Å². The lowest BCUT2D eigenvalue weighted by Crippen LogP contribution is -2.13. The van der Waals surface area contributed by atoms with Crippen molar-refractivity contribution in [3.63, 3.8) is 0 Å². The van der Waals surface area contributed by atoms with Crippen molar-refractivity contribution >= 4 is 17.7 Å². The summed E-state index contributed by atoms with van der Waals surface area (Å²) in [4.78, 5) is 12.3. The summed E-state index contributed by atoms with van der Waals surface area (Å²) in [6.07, 6.45) is 1.56. The highest BCUT2D eigenvalue weighted by atomic mass is 16.5. The molecule has 0 atom stereocenters. The molecule has 24 heavy (non-hydrogen) atoms. The van der Waals surface area contributed by atoms with Gasteiger partial charge in [-0.1, -0.05) is 18.2 Å². The first-order chi connectivity index (χ1) is 11.5. The van der Waals surface area contributed by atoms with E-state index in [4.69, 9.17) is 4.74 Å². The second-order valence-electron chi connectivity index (χ2n) is 5.50. The first kappa shape index (κ1) is 17.3. The normalized spacial score (nSPS) is 10.8. The van der Waals surface area contributed by atoms with Gasteiger partial charge in [-0.25, -0.2) is 0 Å². The van der Waals surface area contributed by atoms with Gasteiger partial charge < -0.3 is 10.1 Å². The molecule has 1 amide bonds. The number of carbonyl (C=O) groups excluding carboxylic acids is 1. The first-order valence-electron chi connectivity index (χ1n) is 7.76. The lowest BCUT2D eigenvalue weighted by molar-refractivity contribution is -0.112. The van der Waals surface area contributed by atoms with Gasteiger partial charge in [-0.05, 0) is 67.8 Å². The molecule has 0 aromatic heterocycles. The Kier molecular flexibility index (Phi) is 5.75. The van der Waals surface area contributed by atoms with Gasteiger partial charge in [0.1, 0.15) is 17.4 Å². The fourth-order valence-electron chi connectivity index (χ4n) is 2.39. The summed E-state index contributed by atoms with van der Waals surface area (Å²) in [5.74, 6) is 0.337. The van der Waals surface area contributed by atoms with Crippen LogP contribution in [0.5, 0.6) is 5.75 Å². The Hall–Kier alpha value is -3.06. The number of ether oxygens (including phenoxy) is 1. The molecule has 0 aliphatic carbocycles. The van der Waals surface area contributed by atoms with Crippen LogP contribution in [0.1, 0.15) is 23.6 Å². The Labute approximate surface area is 142 Å². The van der Waals surface area contributed by atoms with E-state index in [2.05, 4.69) is 5.32 Å². The molecule has 122 valence electrons. The van der Waals surface area contributed by atoms with Crippen molar-refractivity contribution in [2.24, 2.45) is 0 Å². The van der Waals surface area contributed by atoms with Crippen LogP contribution in [0, 0.1) is 25.2 Å². The largest absolute Gasteiger partial charge is 0.494 e. The first-order valence-corrected chi connectivity index (χ1v) is 7.76. The van der Waals surface area contributed by atoms with Gasteiger partial charge in [0, 0.05) is 5.69 Å². The number of nitrogens with zero attached hydrogens (tertiary/aromatic N) is 1. The third kappa shape index (κ3) is 4.72. The van der Waals surface area contributed by atoms with E-state index in [-0.39, 0.29) is 5.57 Å². The Morgan fingerprint density at radius 2 is 1.79 bits per heavy atom. The number of nitriles is 1. The zero-order valence-electron chi connectivity index (χ0n) is 14.1. The molecule has 4 heteroatoms. The van der Waals surface area contributed by atoms with Crippen molar-refractivity contribution in [3.8, 4) is 11.8 Å². The van der Waals surface area contributed by atoms with Gasteiger partial charge in [0.2, 0.25) is 0 Å². The van der Waals surface area contributed by atoms with E-state index >= 15 is 0 Å². The number of nitrogens with one attached hydrogen (secondary N) is 1. The fraction of sp³-hybridized carbons (Fsp3) is 0.200. The molecule has 0 aliphatic rings. The maximum absolute atomic E-state index is 12.3. The maximum Gasteiger partial charge on any atom is 0.266 e. The van der Waals surface area contributed by atoms with Crippen LogP contribution in [0.2, 0.25) is 0 Å². The highest BCUT2D eigenvalue weighted by Crippen LogP contribution is 2.17. The number of anilines is 1. The molecule has 0 fully saturated rings. The number of amides is 1. The van der Waals surface area contributed by atoms with Gasteiger partial charge in [0.15, 0.2) is 0 Å². The summed E-state index contributed by atoms with van der Waals surface area (Å²) in [7, 11) is 0. The highest BCUT2D eigenvalue weighted by molar-refractivity contribution is 6.09. The third-order valence-electron chi connectivity index (χ3n) is 3.35. The average Bonchev–Trinajstić information content (AvgIpc) is 2.53. The SMILES string of the molecule is CCOc1ccc(/C=C(\C#N)C(=O)Nc2cc(C)cc(C)c2)cc1. The smallest absolute Gasteiger partial charge is 0.266 e. The second kappa shape index (κ2) is 7.98. The number of hydrogen-bond acceptors (Lipinski definition) is 3.